The summed E-state index contributed by atoms with van der Waals surface area (Å²) in [6.45, 7) is 4.75. The molecule has 4 heteroatoms. The van der Waals surface area contributed by atoms with E-state index in [0.29, 0.717) is 5.92 Å². The number of furan rings is 1. The van der Waals surface area contributed by atoms with Crippen LogP contribution in [0.15, 0.2) is 111 Å². The van der Waals surface area contributed by atoms with Gasteiger partial charge in [0, 0.05) is 0 Å². The number of hydrogen-bond acceptors (Lipinski definition) is 1. The molecule has 1 heterocycles. The van der Waals surface area contributed by atoms with Crippen molar-refractivity contribution in [1.29, 1.82) is 0 Å². The van der Waals surface area contributed by atoms with E-state index >= 15 is 0 Å². The SMILES string of the molecule is C/[C](c1ccccc1)=[Zr](\[C]1=CC(c2ccco2)=CC1C)[c]1cccc2c1Cc1ccccc1-2.Cl.Cl. The van der Waals surface area contributed by atoms with E-state index in [4.69, 9.17) is 4.42 Å². The molecule has 0 saturated heterocycles. The van der Waals surface area contributed by atoms with Crippen molar-refractivity contribution in [3.63, 3.8) is 0 Å². The Morgan fingerprint density at radius 3 is 2.34 bits per heavy atom. The van der Waals surface area contributed by atoms with Crippen molar-refractivity contribution >= 4 is 36.9 Å². The zero-order valence-electron chi connectivity index (χ0n) is 19.8. The van der Waals surface area contributed by atoms with Crippen LogP contribution < -0.4 is 3.27 Å². The third-order valence-electron chi connectivity index (χ3n) is 7.03. The molecule has 1 nitrogen and oxygen atoms in total. The summed E-state index contributed by atoms with van der Waals surface area (Å²) in [6, 6.07) is 31.1. The van der Waals surface area contributed by atoms with Crippen LogP contribution in [0.2, 0.25) is 0 Å². The Morgan fingerprint density at radius 1 is 0.829 bits per heavy atom. The summed E-state index contributed by atoms with van der Waals surface area (Å²) in [5.41, 5.74) is 8.49. The molecule has 2 aliphatic rings. The molecule has 6 rings (SSSR count). The third-order valence-corrected chi connectivity index (χ3v) is 14.9. The molecule has 0 bridgehead atoms. The molecule has 176 valence electrons. The summed E-state index contributed by atoms with van der Waals surface area (Å²) < 4.78 is 10.6. The second-order valence-corrected chi connectivity index (χ2v) is 15.4. The van der Waals surface area contributed by atoms with Gasteiger partial charge in [0.25, 0.3) is 0 Å². The predicted molar refractivity (Wildman–Crippen MR) is 149 cm³/mol. The molecular formula is C31H28Cl2OZr. The van der Waals surface area contributed by atoms with Gasteiger partial charge < -0.3 is 0 Å². The normalized spacial score (nSPS) is 16.2. The molecule has 1 aromatic heterocycles. The van der Waals surface area contributed by atoms with Gasteiger partial charge in [-0.2, -0.15) is 0 Å². The van der Waals surface area contributed by atoms with Gasteiger partial charge in [0.1, 0.15) is 0 Å². The molecule has 0 radical (unpaired) electrons. The van der Waals surface area contributed by atoms with Gasteiger partial charge in [-0.3, -0.25) is 0 Å². The number of benzene rings is 3. The van der Waals surface area contributed by atoms with E-state index in [1.807, 2.05) is 6.07 Å². The molecule has 0 fully saturated rings. The molecule has 0 amide bonds. The van der Waals surface area contributed by atoms with E-state index in [9.17, 15) is 0 Å². The van der Waals surface area contributed by atoms with Gasteiger partial charge in [-0.25, -0.2) is 0 Å². The molecule has 35 heavy (non-hydrogen) atoms. The Bertz CT molecular complexity index is 1450. The second kappa shape index (κ2) is 10.8. The van der Waals surface area contributed by atoms with Crippen molar-refractivity contribution in [3.8, 4) is 11.1 Å². The number of halogens is 2. The van der Waals surface area contributed by atoms with Crippen molar-refractivity contribution in [3.05, 3.63) is 129 Å². The zero-order chi connectivity index (χ0) is 22.4. The van der Waals surface area contributed by atoms with Crippen LogP contribution in [0.4, 0.5) is 0 Å². The molecule has 4 aromatic rings. The van der Waals surface area contributed by atoms with E-state index in [1.54, 1.807) is 21.6 Å². The van der Waals surface area contributed by atoms with Gasteiger partial charge in [0.15, 0.2) is 0 Å². The fraction of sp³-hybridized carbons (Fsp3) is 0.129. The van der Waals surface area contributed by atoms with Gasteiger partial charge in [-0.1, -0.05) is 0 Å². The van der Waals surface area contributed by atoms with Crippen LogP contribution in [0.25, 0.3) is 16.7 Å². The summed E-state index contributed by atoms with van der Waals surface area (Å²) in [6.07, 6.45) is 7.67. The Kier molecular flexibility index (Phi) is 7.97. The van der Waals surface area contributed by atoms with Crippen molar-refractivity contribution in [2.75, 3.05) is 0 Å². The quantitative estimate of drug-likeness (QED) is 0.212. The van der Waals surface area contributed by atoms with Gasteiger partial charge in [0.05, 0.1) is 0 Å². The fourth-order valence-corrected chi connectivity index (χ4v) is 13.3. The summed E-state index contributed by atoms with van der Waals surface area (Å²) >= 11 is -2.44. The second-order valence-electron chi connectivity index (χ2n) is 9.02. The minimum Gasteiger partial charge on any atom is -0.147 e. The molecule has 1 unspecified atom stereocenters. The zero-order valence-corrected chi connectivity index (χ0v) is 23.9. The Labute approximate surface area is 227 Å². The van der Waals surface area contributed by atoms with Crippen LogP contribution >= 0.6 is 24.8 Å². The van der Waals surface area contributed by atoms with E-state index in [1.165, 1.54) is 27.8 Å². The summed E-state index contributed by atoms with van der Waals surface area (Å²) in [4.78, 5) is 0. The average Bonchev–Trinajstić information content (AvgIpc) is 3.59. The molecule has 0 aliphatic heterocycles. The standard InChI is InChI=1S/C13H9.C10H9O.C8H8.2ClH.Zr/c1-3-7-12-10(5-1)9-11-6-2-4-8-13(11)12;1-8-4-5-9(7-8)10-3-2-6-11-10;1-2-8-6-4-3-5-7-8;;;/h1-5,7-8H,9H2;2-3,5-8H,1H3;3-7H,1H3;2*1H;. The molecule has 3 aromatic carbocycles. The van der Waals surface area contributed by atoms with Gasteiger partial charge in [0.2, 0.25) is 0 Å². The summed E-state index contributed by atoms with van der Waals surface area (Å²) in [5.74, 6) is 1.40. The molecular weight excluding hydrogens is 550 g/mol. The third kappa shape index (κ3) is 4.65. The maximum Gasteiger partial charge on any atom is -0.147 e. The van der Waals surface area contributed by atoms with Crippen molar-refractivity contribution in [1.82, 2.24) is 0 Å². The number of fused-ring (bicyclic) bond motifs is 3. The maximum atomic E-state index is 5.76. The molecule has 1 atom stereocenters. The number of allylic oxidation sites excluding steroid dienone is 4. The fourth-order valence-electron chi connectivity index (χ4n) is 5.40. The van der Waals surface area contributed by atoms with Crippen LogP contribution in [0.3, 0.4) is 0 Å². The minimum atomic E-state index is -2.44. The Hall–Kier alpha value is -2.25. The van der Waals surface area contributed by atoms with Crippen molar-refractivity contribution < 1.29 is 25.7 Å². The first-order valence-electron chi connectivity index (χ1n) is 11.6. The number of rotatable bonds is 4. The number of hydrogen-bond donors (Lipinski definition) is 0. The van der Waals surface area contributed by atoms with Crippen LogP contribution in [0.5, 0.6) is 0 Å². The summed E-state index contributed by atoms with van der Waals surface area (Å²) in [5, 5.41) is 0. The topological polar surface area (TPSA) is 13.1 Å². The summed E-state index contributed by atoms with van der Waals surface area (Å²) in [7, 11) is 0. The molecule has 0 saturated carbocycles. The van der Waals surface area contributed by atoms with E-state index in [2.05, 4.69) is 105 Å². The predicted octanol–water partition coefficient (Wildman–Crippen LogP) is 7.80. The first kappa shape index (κ1) is 25.8. The van der Waals surface area contributed by atoms with Crippen LogP contribution in [0.1, 0.15) is 36.3 Å². The largest absolute Gasteiger partial charge is 0.147 e. The van der Waals surface area contributed by atoms with Gasteiger partial charge in [-0.05, 0) is 0 Å². The Morgan fingerprint density at radius 2 is 1.57 bits per heavy atom. The minimum absolute atomic E-state index is 0. The first-order chi connectivity index (χ1) is 16.2. The van der Waals surface area contributed by atoms with Crippen LogP contribution in [0, 0.1) is 5.92 Å². The van der Waals surface area contributed by atoms with E-state index in [-0.39, 0.29) is 24.8 Å². The van der Waals surface area contributed by atoms with E-state index in [0.717, 1.165) is 12.2 Å². The Balaban J connectivity index is 0.00000144. The molecule has 0 N–H and O–H groups in total. The maximum absolute atomic E-state index is 5.76. The van der Waals surface area contributed by atoms with Crippen LogP contribution in [-0.4, -0.2) is 3.21 Å². The average molecular weight is 579 g/mol. The first-order valence-corrected chi connectivity index (χ1v) is 15.3. The molecule has 2 aliphatic carbocycles. The van der Waals surface area contributed by atoms with E-state index < -0.39 is 21.3 Å². The van der Waals surface area contributed by atoms with Gasteiger partial charge in [-0.15, -0.1) is 24.8 Å². The molecule has 0 spiro atoms. The monoisotopic (exact) mass is 576 g/mol. The smallest absolute Gasteiger partial charge is 0.147 e. The van der Waals surface area contributed by atoms with Crippen molar-refractivity contribution in [2.45, 2.75) is 20.3 Å². The van der Waals surface area contributed by atoms with Gasteiger partial charge >= 0.3 is 204 Å². The van der Waals surface area contributed by atoms with Crippen LogP contribution in [-0.2, 0) is 27.7 Å². The van der Waals surface area contributed by atoms with Crippen molar-refractivity contribution in [2.24, 2.45) is 5.92 Å².